The van der Waals surface area contributed by atoms with Gasteiger partial charge in [0.2, 0.25) is 0 Å². The number of rotatable bonds is 6. The van der Waals surface area contributed by atoms with E-state index in [0.29, 0.717) is 18.1 Å². The Hall–Kier alpha value is -3.43. The third-order valence-corrected chi connectivity index (χ3v) is 3.87. The van der Waals surface area contributed by atoms with E-state index in [0.717, 1.165) is 6.07 Å². The number of carbonyl (C=O) groups is 1. The number of ether oxygens (including phenoxy) is 1. The molecule has 0 fully saturated rings. The second-order valence-corrected chi connectivity index (χ2v) is 5.72. The Labute approximate surface area is 158 Å². The maximum absolute atomic E-state index is 13.0. The molecule has 0 aliphatic rings. The van der Waals surface area contributed by atoms with Gasteiger partial charge in [-0.2, -0.15) is 13.2 Å². The van der Waals surface area contributed by atoms with Gasteiger partial charge in [0.1, 0.15) is 12.4 Å². The third-order valence-electron chi connectivity index (χ3n) is 3.87. The summed E-state index contributed by atoms with van der Waals surface area (Å²) in [6.45, 7) is 2.64. The zero-order valence-corrected chi connectivity index (χ0v) is 14.8. The molecule has 0 aliphatic heterocycles. The molecule has 146 valence electrons. The first-order chi connectivity index (χ1) is 13.4. The van der Waals surface area contributed by atoms with Crippen LogP contribution in [0.5, 0.6) is 5.75 Å². The number of hydrogen-bond acceptors (Lipinski definition) is 5. The van der Waals surface area contributed by atoms with Crippen molar-refractivity contribution in [3.8, 4) is 5.75 Å². The van der Waals surface area contributed by atoms with Crippen molar-refractivity contribution in [3.05, 3.63) is 65.5 Å². The molecule has 1 N–H and O–H groups in total. The van der Waals surface area contributed by atoms with Crippen molar-refractivity contribution in [2.75, 3.05) is 5.32 Å². The lowest BCUT2D eigenvalue weighted by molar-refractivity contribution is -0.136. The van der Waals surface area contributed by atoms with Crippen LogP contribution in [-0.4, -0.2) is 26.1 Å². The minimum atomic E-state index is -4.56. The first-order valence-electron chi connectivity index (χ1n) is 8.34. The summed E-state index contributed by atoms with van der Waals surface area (Å²) in [6, 6.07) is 10.8. The molecule has 0 saturated heterocycles. The molecular weight excluding hydrogens is 375 g/mol. The van der Waals surface area contributed by atoms with Crippen molar-refractivity contribution in [2.45, 2.75) is 26.3 Å². The molecule has 1 aromatic heterocycles. The molecule has 0 aliphatic carbocycles. The molecule has 3 aromatic rings. The summed E-state index contributed by atoms with van der Waals surface area (Å²) in [7, 11) is 0. The summed E-state index contributed by atoms with van der Waals surface area (Å²) in [5.74, 6) is 0.365. The highest BCUT2D eigenvalue weighted by atomic mass is 19.4. The van der Waals surface area contributed by atoms with Gasteiger partial charge in [0.15, 0.2) is 5.82 Å². The maximum Gasteiger partial charge on any atom is 0.418 e. The van der Waals surface area contributed by atoms with Gasteiger partial charge in [-0.3, -0.25) is 4.79 Å². The molecule has 28 heavy (non-hydrogen) atoms. The normalized spacial score (nSPS) is 11.3. The molecule has 2 aromatic carbocycles. The lowest BCUT2D eigenvalue weighted by Crippen LogP contribution is -2.16. The number of benzene rings is 2. The van der Waals surface area contributed by atoms with E-state index in [9.17, 15) is 18.0 Å². The minimum absolute atomic E-state index is 0.144. The van der Waals surface area contributed by atoms with Crippen LogP contribution < -0.4 is 10.1 Å². The first kappa shape index (κ1) is 19.3. The van der Waals surface area contributed by atoms with Crippen LogP contribution in [0.2, 0.25) is 0 Å². The number of alkyl halides is 3. The number of para-hydroxylation sites is 1. The van der Waals surface area contributed by atoms with E-state index >= 15 is 0 Å². The van der Waals surface area contributed by atoms with Gasteiger partial charge in [0.25, 0.3) is 5.91 Å². The fourth-order valence-corrected chi connectivity index (χ4v) is 2.46. The van der Waals surface area contributed by atoms with Crippen molar-refractivity contribution >= 4 is 11.6 Å². The lowest BCUT2D eigenvalue weighted by atomic mass is 10.1. The van der Waals surface area contributed by atoms with Gasteiger partial charge in [0, 0.05) is 12.1 Å². The summed E-state index contributed by atoms with van der Waals surface area (Å²) in [4.78, 5) is 12.3. The molecule has 3 rings (SSSR count). The summed E-state index contributed by atoms with van der Waals surface area (Å²) in [6.07, 6.45) is -4.56. The third kappa shape index (κ3) is 4.45. The smallest absolute Gasteiger partial charge is 0.418 e. The minimum Gasteiger partial charge on any atom is -0.486 e. The molecule has 1 amide bonds. The monoisotopic (exact) mass is 391 g/mol. The van der Waals surface area contributed by atoms with E-state index < -0.39 is 17.6 Å². The molecule has 0 bridgehead atoms. The average molecular weight is 391 g/mol. The van der Waals surface area contributed by atoms with E-state index in [1.54, 1.807) is 16.8 Å². The van der Waals surface area contributed by atoms with E-state index in [1.807, 2.05) is 6.92 Å². The van der Waals surface area contributed by atoms with Crippen LogP contribution in [0.25, 0.3) is 0 Å². The second kappa shape index (κ2) is 8.07. The van der Waals surface area contributed by atoms with Crippen molar-refractivity contribution in [1.82, 2.24) is 20.2 Å². The number of aromatic nitrogens is 4. The van der Waals surface area contributed by atoms with Crippen molar-refractivity contribution < 1.29 is 22.7 Å². The first-order valence-corrected chi connectivity index (χ1v) is 8.34. The maximum atomic E-state index is 13.0. The van der Waals surface area contributed by atoms with Crippen molar-refractivity contribution in [2.24, 2.45) is 0 Å². The number of amides is 1. The topological polar surface area (TPSA) is 81.9 Å². The van der Waals surface area contributed by atoms with Crippen LogP contribution >= 0.6 is 0 Å². The van der Waals surface area contributed by atoms with E-state index in [1.165, 1.54) is 30.3 Å². The van der Waals surface area contributed by atoms with Gasteiger partial charge >= 0.3 is 6.18 Å². The molecule has 10 heteroatoms. The van der Waals surface area contributed by atoms with Crippen LogP contribution in [0.15, 0.2) is 48.5 Å². The summed E-state index contributed by atoms with van der Waals surface area (Å²) >= 11 is 0. The number of tetrazole rings is 1. The summed E-state index contributed by atoms with van der Waals surface area (Å²) in [5, 5.41) is 13.5. The molecule has 0 saturated carbocycles. The predicted octanol–water partition coefficient (Wildman–Crippen LogP) is 3.54. The number of nitrogens with zero attached hydrogens (tertiary/aromatic N) is 4. The lowest BCUT2D eigenvalue weighted by Gasteiger charge is -2.13. The highest BCUT2D eigenvalue weighted by molar-refractivity contribution is 6.04. The number of carbonyl (C=O) groups excluding carboxylic acids is 1. The SMILES string of the molecule is CCn1nnnc1COc1ccc(C(=O)Nc2ccccc2C(F)(F)F)cc1. The number of hydrogen-bond donors (Lipinski definition) is 1. The van der Waals surface area contributed by atoms with Gasteiger partial charge in [-0.25, -0.2) is 4.68 Å². The molecule has 0 radical (unpaired) electrons. The van der Waals surface area contributed by atoms with Crippen LogP contribution in [-0.2, 0) is 19.3 Å². The van der Waals surface area contributed by atoms with Gasteiger partial charge < -0.3 is 10.1 Å². The fourth-order valence-electron chi connectivity index (χ4n) is 2.46. The standard InChI is InChI=1S/C18H16F3N5O2/c1-2-26-16(23-24-25-26)11-28-13-9-7-12(8-10-13)17(27)22-15-6-4-3-5-14(15)18(19,20)21/h3-10H,2,11H2,1H3,(H,22,27). The molecule has 0 unspecified atom stereocenters. The van der Waals surface area contributed by atoms with Gasteiger partial charge in [-0.15, -0.1) is 5.10 Å². The predicted molar refractivity (Wildman–Crippen MR) is 93.7 cm³/mol. The average Bonchev–Trinajstić information content (AvgIpc) is 3.14. The Balaban J connectivity index is 1.66. The molecule has 0 spiro atoms. The van der Waals surface area contributed by atoms with Crippen LogP contribution in [0.1, 0.15) is 28.7 Å². The highest BCUT2D eigenvalue weighted by Gasteiger charge is 2.33. The van der Waals surface area contributed by atoms with Crippen molar-refractivity contribution in [1.29, 1.82) is 0 Å². The second-order valence-electron chi connectivity index (χ2n) is 5.72. The molecular formula is C18H16F3N5O2. The summed E-state index contributed by atoms with van der Waals surface area (Å²) in [5.41, 5.74) is -1.01. The highest BCUT2D eigenvalue weighted by Crippen LogP contribution is 2.34. The molecule has 7 nitrogen and oxygen atoms in total. The van der Waals surface area contributed by atoms with Crippen LogP contribution in [0, 0.1) is 0 Å². The van der Waals surface area contributed by atoms with Gasteiger partial charge in [-0.05, 0) is 53.7 Å². The Morgan fingerprint density at radius 2 is 1.86 bits per heavy atom. The van der Waals surface area contributed by atoms with Crippen LogP contribution in [0.3, 0.4) is 0 Å². The Bertz CT molecular complexity index is 954. The van der Waals surface area contributed by atoms with Crippen LogP contribution in [0.4, 0.5) is 18.9 Å². The number of anilines is 1. The van der Waals surface area contributed by atoms with Gasteiger partial charge in [-0.1, -0.05) is 12.1 Å². The van der Waals surface area contributed by atoms with E-state index in [2.05, 4.69) is 20.8 Å². The number of aryl methyl sites for hydroxylation is 1. The quantitative estimate of drug-likeness (QED) is 0.695. The Morgan fingerprint density at radius 3 is 2.54 bits per heavy atom. The Morgan fingerprint density at radius 1 is 1.14 bits per heavy atom. The van der Waals surface area contributed by atoms with E-state index in [4.69, 9.17) is 4.74 Å². The molecule has 1 heterocycles. The molecule has 0 atom stereocenters. The zero-order valence-electron chi connectivity index (χ0n) is 14.8. The Kier molecular flexibility index (Phi) is 5.57. The zero-order chi connectivity index (χ0) is 20.1. The number of halogens is 3. The fraction of sp³-hybridized carbons (Fsp3) is 0.222. The number of nitrogens with one attached hydrogen (secondary N) is 1. The van der Waals surface area contributed by atoms with E-state index in [-0.39, 0.29) is 17.9 Å². The summed E-state index contributed by atoms with van der Waals surface area (Å²) < 4.78 is 46.2. The largest absolute Gasteiger partial charge is 0.486 e. The van der Waals surface area contributed by atoms with Crippen molar-refractivity contribution in [3.63, 3.8) is 0 Å². The van der Waals surface area contributed by atoms with Gasteiger partial charge in [0.05, 0.1) is 11.3 Å².